The highest BCUT2D eigenvalue weighted by molar-refractivity contribution is 5.46. The van der Waals surface area contributed by atoms with E-state index in [1.54, 1.807) is 16.7 Å². The highest BCUT2D eigenvalue weighted by Crippen LogP contribution is 2.36. The van der Waals surface area contributed by atoms with Crippen LogP contribution in [0.1, 0.15) is 173 Å². The molecule has 0 bridgehead atoms. The second-order valence-corrected chi connectivity index (χ2v) is 12.9. The fourth-order valence-electron chi connectivity index (χ4n) is 5.32. The van der Waals surface area contributed by atoms with Crippen molar-refractivity contribution in [3.63, 3.8) is 0 Å². The monoisotopic (exact) mass is 469 g/mol. The van der Waals surface area contributed by atoms with Crippen molar-refractivity contribution in [2.45, 2.75) is 175 Å². The second kappa shape index (κ2) is 16.8. The largest absolute Gasteiger partial charge is 0.0613 e. The number of hydrogen-bond donors (Lipinski definition) is 0. The third-order valence-electron chi connectivity index (χ3n) is 7.51. The Morgan fingerprint density at radius 3 is 1.15 bits per heavy atom. The zero-order chi connectivity index (χ0) is 25.5. The molecule has 0 saturated carbocycles. The first-order valence-corrected chi connectivity index (χ1v) is 15.1. The third kappa shape index (κ3) is 12.8. The maximum Gasteiger partial charge on any atom is -0.0129 e. The third-order valence-corrected chi connectivity index (χ3v) is 7.51. The van der Waals surface area contributed by atoms with Crippen molar-refractivity contribution >= 4 is 0 Å². The van der Waals surface area contributed by atoms with E-state index in [2.05, 4.69) is 67.5 Å². The van der Waals surface area contributed by atoms with E-state index < -0.39 is 0 Å². The molecule has 0 aromatic heterocycles. The van der Waals surface area contributed by atoms with Crippen LogP contribution in [0.3, 0.4) is 0 Å². The molecular formula is C34H61. The van der Waals surface area contributed by atoms with Crippen LogP contribution in [0.2, 0.25) is 0 Å². The number of benzene rings is 1. The van der Waals surface area contributed by atoms with Gasteiger partial charge in [-0.25, -0.2) is 0 Å². The fourth-order valence-corrected chi connectivity index (χ4v) is 5.32. The van der Waals surface area contributed by atoms with E-state index in [-0.39, 0.29) is 10.8 Å². The van der Waals surface area contributed by atoms with Crippen molar-refractivity contribution in [1.29, 1.82) is 0 Å². The molecule has 1 aromatic rings. The molecule has 0 N–H and O–H groups in total. The minimum absolute atomic E-state index is 0.216. The first-order chi connectivity index (χ1) is 16.1. The van der Waals surface area contributed by atoms with Gasteiger partial charge in [0.15, 0.2) is 0 Å². The predicted octanol–water partition coefficient (Wildman–Crippen LogP) is 11.5. The lowest BCUT2D eigenvalue weighted by molar-refractivity contribution is 0.526. The van der Waals surface area contributed by atoms with E-state index in [9.17, 15) is 0 Å². The van der Waals surface area contributed by atoms with E-state index in [0.29, 0.717) is 0 Å². The Morgan fingerprint density at radius 1 is 0.529 bits per heavy atom. The Hall–Kier alpha value is -0.780. The van der Waals surface area contributed by atoms with Crippen LogP contribution in [0.5, 0.6) is 0 Å². The molecule has 0 spiro atoms. The molecule has 0 amide bonds. The van der Waals surface area contributed by atoms with Gasteiger partial charge in [-0.05, 0) is 52.3 Å². The molecule has 0 unspecified atom stereocenters. The van der Waals surface area contributed by atoms with Gasteiger partial charge < -0.3 is 0 Å². The average molecular weight is 470 g/mol. The van der Waals surface area contributed by atoms with Crippen molar-refractivity contribution in [3.8, 4) is 0 Å². The minimum Gasteiger partial charge on any atom is -0.0613 e. The molecule has 0 heteroatoms. The molecule has 34 heavy (non-hydrogen) atoms. The van der Waals surface area contributed by atoms with Crippen LogP contribution in [0.25, 0.3) is 0 Å². The van der Waals surface area contributed by atoms with Crippen molar-refractivity contribution in [3.05, 3.63) is 41.3 Å². The van der Waals surface area contributed by atoms with Gasteiger partial charge >= 0.3 is 0 Å². The maximum atomic E-state index is 3.93. The van der Waals surface area contributed by atoms with Crippen molar-refractivity contribution in [2.24, 2.45) is 0 Å². The van der Waals surface area contributed by atoms with E-state index in [0.717, 1.165) is 12.8 Å². The highest BCUT2D eigenvalue weighted by atomic mass is 14.3. The summed E-state index contributed by atoms with van der Waals surface area (Å²) in [6, 6.07) is 5.02. The Morgan fingerprint density at radius 2 is 0.853 bits per heavy atom. The Labute approximate surface area is 216 Å². The van der Waals surface area contributed by atoms with Gasteiger partial charge in [-0.1, -0.05) is 164 Å². The van der Waals surface area contributed by atoms with E-state index in [1.165, 1.54) is 108 Å². The summed E-state index contributed by atoms with van der Waals surface area (Å²) in [5.74, 6) is 0. The SMILES string of the molecule is [CH2]CCCCCCCCCCCCCCCCCc1c(C(C)(C)C)cc(CC)cc1C(C)(C)C. The molecule has 0 saturated heterocycles. The Bertz CT molecular complexity index is 602. The molecule has 0 aliphatic heterocycles. The van der Waals surface area contributed by atoms with Crippen molar-refractivity contribution in [2.75, 3.05) is 0 Å². The summed E-state index contributed by atoms with van der Waals surface area (Å²) in [4.78, 5) is 0. The van der Waals surface area contributed by atoms with Crippen LogP contribution in [-0.2, 0) is 23.7 Å². The summed E-state index contributed by atoms with van der Waals surface area (Å²) < 4.78 is 0. The molecule has 0 aliphatic rings. The van der Waals surface area contributed by atoms with Gasteiger partial charge in [-0.2, -0.15) is 0 Å². The average Bonchev–Trinajstić information content (AvgIpc) is 2.77. The van der Waals surface area contributed by atoms with Gasteiger partial charge in [0, 0.05) is 0 Å². The van der Waals surface area contributed by atoms with Gasteiger partial charge in [-0.3, -0.25) is 0 Å². The lowest BCUT2D eigenvalue weighted by atomic mass is 9.74. The maximum absolute atomic E-state index is 3.93. The number of hydrogen-bond acceptors (Lipinski definition) is 0. The first kappa shape index (κ1) is 31.3. The smallest absolute Gasteiger partial charge is 0.0129 e. The molecular weight excluding hydrogens is 408 g/mol. The first-order valence-electron chi connectivity index (χ1n) is 15.1. The molecule has 1 aromatic carbocycles. The number of unbranched alkanes of at least 4 members (excludes halogenated alkanes) is 15. The normalized spacial score (nSPS) is 12.5. The van der Waals surface area contributed by atoms with Crippen LogP contribution in [0.15, 0.2) is 12.1 Å². The summed E-state index contributed by atoms with van der Waals surface area (Å²) in [5.41, 5.74) is 6.77. The van der Waals surface area contributed by atoms with Gasteiger partial charge in [0.25, 0.3) is 0 Å². The second-order valence-electron chi connectivity index (χ2n) is 12.9. The summed E-state index contributed by atoms with van der Waals surface area (Å²) in [6.07, 6.45) is 24.8. The van der Waals surface area contributed by atoms with Gasteiger partial charge in [-0.15, -0.1) is 0 Å². The van der Waals surface area contributed by atoms with Crippen LogP contribution < -0.4 is 0 Å². The number of rotatable bonds is 18. The van der Waals surface area contributed by atoms with E-state index in [4.69, 9.17) is 0 Å². The molecule has 197 valence electrons. The van der Waals surface area contributed by atoms with E-state index in [1.807, 2.05) is 0 Å². The summed E-state index contributed by atoms with van der Waals surface area (Å²) in [5, 5.41) is 0. The molecule has 1 rings (SSSR count). The topological polar surface area (TPSA) is 0 Å². The molecule has 0 nitrogen and oxygen atoms in total. The summed E-state index contributed by atoms with van der Waals surface area (Å²) in [7, 11) is 0. The lowest BCUT2D eigenvalue weighted by Crippen LogP contribution is -2.22. The quantitative estimate of drug-likeness (QED) is 0.187. The Kier molecular flexibility index (Phi) is 15.5. The number of aryl methyl sites for hydroxylation is 1. The standard InChI is InChI=1S/C34H61/c1-9-11-12-13-14-15-16-17-18-19-20-21-22-23-24-25-26-30-31(33(3,4)5)27-29(10-2)28-32(30)34(6,7)8/h27-28H,1,9-26H2,2-8H3. The molecule has 0 aliphatic carbocycles. The van der Waals surface area contributed by atoms with Crippen molar-refractivity contribution in [1.82, 2.24) is 0 Å². The van der Waals surface area contributed by atoms with Crippen LogP contribution in [0, 0.1) is 6.92 Å². The zero-order valence-corrected chi connectivity index (χ0v) is 24.6. The van der Waals surface area contributed by atoms with Gasteiger partial charge in [0.1, 0.15) is 0 Å². The highest BCUT2D eigenvalue weighted by Gasteiger charge is 2.25. The molecule has 0 atom stereocenters. The predicted molar refractivity (Wildman–Crippen MR) is 156 cm³/mol. The summed E-state index contributed by atoms with van der Waals surface area (Å²) in [6.45, 7) is 20.6. The lowest BCUT2D eigenvalue weighted by Gasteiger charge is -2.31. The molecule has 0 fully saturated rings. The van der Waals surface area contributed by atoms with Crippen LogP contribution in [-0.4, -0.2) is 0 Å². The van der Waals surface area contributed by atoms with Gasteiger partial charge in [0.05, 0.1) is 0 Å². The summed E-state index contributed by atoms with van der Waals surface area (Å²) >= 11 is 0. The zero-order valence-electron chi connectivity index (χ0n) is 24.6. The van der Waals surface area contributed by atoms with Gasteiger partial charge in [0.2, 0.25) is 0 Å². The molecule has 1 radical (unpaired) electrons. The molecule has 0 heterocycles. The van der Waals surface area contributed by atoms with Crippen molar-refractivity contribution < 1.29 is 0 Å². The fraction of sp³-hybridized carbons (Fsp3) is 0.794. The minimum atomic E-state index is 0.216. The Balaban J connectivity index is 2.29. The van der Waals surface area contributed by atoms with Crippen LogP contribution >= 0.6 is 0 Å². The van der Waals surface area contributed by atoms with E-state index >= 15 is 0 Å². The van der Waals surface area contributed by atoms with Crippen LogP contribution in [0.4, 0.5) is 0 Å².